The molecule has 1 N–H and O–H groups in total. The summed E-state index contributed by atoms with van der Waals surface area (Å²) < 4.78 is 26.5. The Morgan fingerprint density at radius 1 is 1.47 bits per heavy atom. The normalized spacial score (nSPS) is 19.5. The maximum Gasteiger partial charge on any atom is 0.223 e. The standard InChI is InChI=1S/C14H18F2N2O/c1-10-9-17-7-8-18(10)13(19)6-5-11-3-2-4-12(15)14(11)16/h2-4,10,17H,5-9H2,1H3/t10-/m1/s1. The maximum atomic E-state index is 13.5. The van der Waals surface area contributed by atoms with E-state index >= 15 is 0 Å². The van der Waals surface area contributed by atoms with E-state index in [1.165, 1.54) is 12.1 Å². The van der Waals surface area contributed by atoms with Crippen molar-refractivity contribution in [3.63, 3.8) is 0 Å². The number of piperazine rings is 1. The number of carbonyl (C=O) groups is 1. The second-order valence-corrected chi connectivity index (χ2v) is 4.85. The van der Waals surface area contributed by atoms with Gasteiger partial charge in [0.1, 0.15) is 0 Å². The van der Waals surface area contributed by atoms with Crippen molar-refractivity contribution < 1.29 is 13.6 Å². The minimum absolute atomic E-state index is 0.00217. The van der Waals surface area contributed by atoms with Crippen molar-refractivity contribution >= 4 is 5.91 Å². The summed E-state index contributed by atoms with van der Waals surface area (Å²) in [5.74, 6) is -1.71. The summed E-state index contributed by atoms with van der Waals surface area (Å²) in [4.78, 5) is 13.9. The van der Waals surface area contributed by atoms with Gasteiger partial charge in [-0.25, -0.2) is 8.78 Å². The van der Waals surface area contributed by atoms with Crippen molar-refractivity contribution in [1.82, 2.24) is 10.2 Å². The van der Waals surface area contributed by atoms with E-state index in [0.29, 0.717) is 6.54 Å². The minimum atomic E-state index is -0.861. The van der Waals surface area contributed by atoms with Gasteiger partial charge in [0.05, 0.1) is 0 Å². The molecule has 1 aromatic carbocycles. The van der Waals surface area contributed by atoms with Crippen LogP contribution in [0.2, 0.25) is 0 Å². The molecule has 1 amide bonds. The van der Waals surface area contributed by atoms with Crippen molar-refractivity contribution in [2.45, 2.75) is 25.8 Å². The van der Waals surface area contributed by atoms with E-state index in [2.05, 4.69) is 5.32 Å². The molecule has 2 rings (SSSR count). The Morgan fingerprint density at radius 3 is 3.00 bits per heavy atom. The molecule has 0 saturated carbocycles. The first-order valence-electron chi connectivity index (χ1n) is 6.52. The smallest absolute Gasteiger partial charge is 0.223 e. The molecular formula is C14H18F2N2O. The van der Waals surface area contributed by atoms with E-state index in [1.54, 1.807) is 4.90 Å². The first-order valence-corrected chi connectivity index (χ1v) is 6.52. The highest BCUT2D eigenvalue weighted by Crippen LogP contribution is 2.14. The fourth-order valence-electron chi connectivity index (χ4n) is 2.34. The summed E-state index contributed by atoms with van der Waals surface area (Å²) in [6, 6.07) is 4.22. The van der Waals surface area contributed by atoms with E-state index < -0.39 is 11.6 Å². The molecule has 0 radical (unpaired) electrons. The van der Waals surface area contributed by atoms with Gasteiger partial charge in [-0.15, -0.1) is 0 Å². The first kappa shape index (κ1) is 13.9. The Morgan fingerprint density at radius 2 is 2.26 bits per heavy atom. The lowest BCUT2D eigenvalue weighted by atomic mass is 10.1. The summed E-state index contributed by atoms with van der Waals surface area (Å²) in [7, 11) is 0. The third-order valence-electron chi connectivity index (χ3n) is 3.46. The third kappa shape index (κ3) is 3.29. The van der Waals surface area contributed by atoms with E-state index in [9.17, 15) is 13.6 Å². The van der Waals surface area contributed by atoms with Gasteiger partial charge in [-0.2, -0.15) is 0 Å². The third-order valence-corrected chi connectivity index (χ3v) is 3.46. The van der Waals surface area contributed by atoms with Crippen LogP contribution in [0.5, 0.6) is 0 Å². The molecule has 0 bridgehead atoms. The number of aryl methyl sites for hydroxylation is 1. The number of rotatable bonds is 3. The monoisotopic (exact) mass is 268 g/mol. The molecule has 104 valence electrons. The average Bonchev–Trinajstić information content (AvgIpc) is 2.40. The largest absolute Gasteiger partial charge is 0.337 e. The Bertz CT molecular complexity index is 465. The summed E-state index contributed by atoms with van der Waals surface area (Å²) in [5, 5.41) is 3.21. The average molecular weight is 268 g/mol. The molecule has 1 saturated heterocycles. The number of hydrogen-bond acceptors (Lipinski definition) is 2. The molecule has 19 heavy (non-hydrogen) atoms. The minimum Gasteiger partial charge on any atom is -0.337 e. The molecule has 1 fully saturated rings. The molecule has 1 heterocycles. The molecule has 5 heteroatoms. The molecule has 0 unspecified atom stereocenters. The molecule has 1 aliphatic rings. The van der Waals surface area contributed by atoms with Gasteiger partial charge in [0.25, 0.3) is 0 Å². The number of hydrogen-bond donors (Lipinski definition) is 1. The van der Waals surface area contributed by atoms with Crippen LogP contribution in [0, 0.1) is 11.6 Å². The lowest BCUT2D eigenvalue weighted by molar-refractivity contribution is -0.133. The second kappa shape index (κ2) is 6.10. The predicted octanol–water partition coefficient (Wildman–Crippen LogP) is 1.72. The van der Waals surface area contributed by atoms with Crippen LogP contribution < -0.4 is 5.32 Å². The van der Waals surface area contributed by atoms with E-state index in [0.717, 1.165) is 19.2 Å². The highest BCUT2D eigenvalue weighted by Gasteiger charge is 2.22. The number of halogens is 2. The summed E-state index contributed by atoms with van der Waals surface area (Å²) >= 11 is 0. The van der Waals surface area contributed by atoms with Crippen LogP contribution in [0.1, 0.15) is 18.9 Å². The van der Waals surface area contributed by atoms with Crippen LogP contribution in [0.15, 0.2) is 18.2 Å². The van der Waals surface area contributed by atoms with Crippen molar-refractivity contribution in [2.24, 2.45) is 0 Å². The lowest BCUT2D eigenvalue weighted by Crippen LogP contribution is -2.52. The number of amides is 1. The number of nitrogens with zero attached hydrogens (tertiary/aromatic N) is 1. The summed E-state index contributed by atoms with van der Waals surface area (Å²) in [5.41, 5.74) is 0.260. The van der Waals surface area contributed by atoms with E-state index in [1.807, 2.05) is 6.92 Å². The van der Waals surface area contributed by atoms with Crippen LogP contribution in [-0.4, -0.2) is 36.5 Å². The van der Waals surface area contributed by atoms with E-state index in [4.69, 9.17) is 0 Å². The van der Waals surface area contributed by atoms with Gasteiger partial charge in [-0.05, 0) is 25.0 Å². The van der Waals surface area contributed by atoms with Crippen molar-refractivity contribution in [3.8, 4) is 0 Å². The SMILES string of the molecule is C[C@@H]1CNCCN1C(=O)CCc1cccc(F)c1F. The van der Waals surface area contributed by atoms with Crippen LogP contribution in [0.3, 0.4) is 0 Å². The summed E-state index contributed by atoms with van der Waals surface area (Å²) in [6.07, 6.45) is 0.448. The quantitative estimate of drug-likeness (QED) is 0.905. The number of benzene rings is 1. The molecule has 0 aromatic heterocycles. The first-order chi connectivity index (χ1) is 9.09. The van der Waals surface area contributed by atoms with Crippen molar-refractivity contribution in [1.29, 1.82) is 0 Å². The topological polar surface area (TPSA) is 32.3 Å². The highest BCUT2D eigenvalue weighted by molar-refractivity contribution is 5.77. The Labute approximate surface area is 111 Å². The zero-order chi connectivity index (χ0) is 13.8. The van der Waals surface area contributed by atoms with Gasteiger partial charge >= 0.3 is 0 Å². The lowest BCUT2D eigenvalue weighted by Gasteiger charge is -2.34. The van der Waals surface area contributed by atoms with Crippen LogP contribution in [0.25, 0.3) is 0 Å². The Kier molecular flexibility index (Phi) is 4.47. The maximum absolute atomic E-state index is 13.5. The van der Waals surface area contributed by atoms with Crippen LogP contribution in [-0.2, 0) is 11.2 Å². The van der Waals surface area contributed by atoms with Crippen molar-refractivity contribution in [3.05, 3.63) is 35.4 Å². The predicted molar refractivity (Wildman–Crippen MR) is 68.7 cm³/mol. The van der Waals surface area contributed by atoms with Gasteiger partial charge < -0.3 is 10.2 Å². The molecular weight excluding hydrogens is 250 g/mol. The van der Waals surface area contributed by atoms with Gasteiger partial charge in [0.15, 0.2) is 11.6 Å². The fourth-order valence-corrected chi connectivity index (χ4v) is 2.34. The highest BCUT2D eigenvalue weighted by atomic mass is 19.2. The number of carbonyl (C=O) groups excluding carboxylic acids is 1. The summed E-state index contributed by atoms with van der Waals surface area (Å²) in [6.45, 7) is 4.21. The van der Waals surface area contributed by atoms with Gasteiger partial charge in [0.2, 0.25) is 5.91 Å². The Hall–Kier alpha value is -1.49. The van der Waals surface area contributed by atoms with Crippen molar-refractivity contribution in [2.75, 3.05) is 19.6 Å². The van der Waals surface area contributed by atoms with Gasteiger partial charge in [-0.3, -0.25) is 4.79 Å². The molecule has 0 spiro atoms. The number of nitrogens with one attached hydrogen (secondary N) is 1. The molecule has 0 aliphatic carbocycles. The van der Waals surface area contributed by atoms with Gasteiger partial charge in [0, 0.05) is 32.1 Å². The molecule has 1 aliphatic heterocycles. The Balaban J connectivity index is 1.94. The second-order valence-electron chi connectivity index (χ2n) is 4.85. The molecule has 3 nitrogen and oxygen atoms in total. The van der Waals surface area contributed by atoms with E-state index in [-0.39, 0.29) is 30.4 Å². The molecule has 1 atom stereocenters. The zero-order valence-electron chi connectivity index (χ0n) is 11.0. The zero-order valence-corrected chi connectivity index (χ0v) is 11.0. The molecule has 1 aromatic rings. The van der Waals surface area contributed by atoms with Crippen LogP contribution in [0.4, 0.5) is 8.78 Å². The fraction of sp³-hybridized carbons (Fsp3) is 0.500. The van der Waals surface area contributed by atoms with Crippen LogP contribution >= 0.6 is 0 Å². The van der Waals surface area contributed by atoms with Gasteiger partial charge in [-0.1, -0.05) is 12.1 Å².